The van der Waals surface area contributed by atoms with Gasteiger partial charge in [0.2, 0.25) is 0 Å². The van der Waals surface area contributed by atoms with Gasteiger partial charge in [-0.2, -0.15) is 0 Å². The van der Waals surface area contributed by atoms with Gasteiger partial charge < -0.3 is 29.6 Å². The summed E-state index contributed by atoms with van der Waals surface area (Å²) in [6, 6.07) is 13.7. The predicted molar refractivity (Wildman–Crippen MR) is 126 cm³/mol. The maximum atomic E-state index is 12.7. The second kappa shape index (κ2) is 11.6. The first-order valence-corrected chi connectivity index (χ1v) is 10.4. The third kappa shape index (κ3) is 5.94. The molecule has 0 radical (unpaired) electrons. The third-order valence-electron chi connectivity index (χ3n) is 5.12. The molecule has 0 aliphatic heterocycles. The molecule has 34 heavy (non-hydrogen) atoms. The highest BCUT2D eigenvalue weighted by Crippen LogP contribution is 2.25. The van der Waals surface area contributed by atoms with E-state index in [9.17, 15) is 9.59 Å². The van der Waals surface area contributed by atoms with Crippen molar-refractivity contribution < 1.29 is 28.5 Å². The topological polar surface area (TPSA) is 108 Å². The van der Waals surface area contributed by atoms with Crippen molar-refractivity contribution in [2.24, 2.45) is 0 Å². The quantitative estimate of drug-likeness (QED) is 0.474. The molecule has 0 unspecified atom stereocenters. The summed E-state index contributed by atoms with van der Waals surface area (Å²) in [4.78, 5) is 29.4. The van der Waals surface area contributed by atoms with Gasteiger partial charge in [0, 0.05) is 48.1 Å². The first kappa shape index (κ1) is 24.4. The fraction of sp³-hybridized carbons (Fsp3) is 0.240. The number of pyridine rings is 1. The molecule has 0 saturated carbocycles. The molecule has 1 aromatic heterocycles. The highest BCUT2D eigenvalue weighted by atomic mass is 16.5. The van der Waals surface area contributed by atoms with E-state index in [1.54, 1.807) is 58.8 Å². The molecule has 0 aliphatic carbocycles. The normalized spacial score (nSPS) is 10.2. The molecule has 0 bridgehead atoms. The zero-order valence-corrected chi connectivity index (χ0v) is 19.5. The lowest BCUT2D eigenvalue weighted by Crippen LogP contribution is -2.26. The van der Waals surface area contributed by atoms with Gasteiger partial charge in [-0.15, -0.1) is 0 Å². The number of amides is 2. The van der Waals surface area contributed by atoms with Crippen molar-refractivity contribution in [2.45, 2.75) is 13.1 Å². The molecule has 0 atom stereocenters. The fourth-order valence-corrected chi connectivity index (χ4v) is 3.24. The van der Waals surface area contributed by atoms with E-state index in [4.69, 9.17) is 18.9 Å². The SMILES string of the molecule is COc1ccc(CNC(=O)c2ccnc(C(=O)NCc3ccc(OC)cc3OC)c2)c(OC)c1. The molecule has 0 aliphatic rings. The Morgan fingerprint density at radius 3 is 1.74 bits per heavy atom. The maximum absolute atomic E-state index is 12.7. The highest BCUT2D eigenvalue weighted by Gasteiger charge is 2.14. The number of hydrogen-bond donors (Lipinski definition) is 2. The number of nitrogens with one attached hydrogen (secondary N) is 2. The Kier molecular flexibility index (Phi) is 8.28. The number of nitrogens with zero attached hydrogens (tertiary/aromatic N) is 1. The number of methoxy groups -OCH3 is 4. The first-order chi connectivity index (χ1) is 16.5. The summed E-state index contributed by atoms with van der Waals surface area (Å²) >= 11 is 0. The van der Waals surface area contributed by atoms with E-state index < -0.39 is 5.91 Å². The van der Waals surface area contributed by atoms with Crippen LogP contribution in [0.15, 0.2) is 54.7 Å². The molecule has 1 heterocycles. The van der Waals surface area contributed by atoms with Crippen LogP contribution < -0.4 is 29.6 Å². The number of aromatic nitrogens is 1. The number of ether oxygens (including phenoxy) is 4. The Bertz CT molecular complexity index is 1080. The van der Waals surface area contributed by atoms with Crippen LogP contribution in [0.4, 0.5) is 0 Å². The van der Waals surface area contributed by atoms with Gasteiger partial charge in [0.15, 0.2) is 0 Å². The number of hydrogen-bond acceptors (Lipinski definition) is 7. The average molecular weight is 466 g/mol. The minimum atomic E-state index is -0.413. The molecule has 0 saturated heterocycles. The molecule has 0 spiro atoms. The molecule has 9 nitrogen and oxygen atoms in total. The van der Waals surface area contributed by atoms with E-state index >= 15 is 0 Å². The van der Waals surface area contributed by atoms with Gasteiger partial charge in [0.1, 0.15) is 28.7 Å². The van der Waals surface area contributed by atoms with Crippen molar-refractivity contribution in [1.29, 1.82) is 0 Å². The largest absolute Gasteiger partial charge is 0.497 e. The smallest absolute Gasteiger partial charge is 0.270 e. The standard InChI is InChI=1S/C25H27N3O6/c1-31-19-7-5-17(22(12-19)33-3)14-27-24(29)16-9-10-26-21(11-16)25(30)28-15-18-6-8-20(32-2)13-23(18)34-4/h5-13H,14-15H2,1-4H3,(H,27,29)(H,28,30). The average Bonchev–Trinajstić information content (AvgIpc) is 2.89. The Balaban J connectivity index is 1.64. The van der Waals surface area contributed by atoms with Crippen LogP contribution in [0.25, 0.3) is 0 Å². The molecule has 2 N–H and O–H groups in total. The van der Waals surface area contributed by atoms with Crippen LogP contribution in [0.2, 0.25) is 0 Å². The summed E-state index contributed by atoms with van der Waals surface area (Å²) in [7, 11) is 6.24. The van der Waals surface area contributed by atoms with Crippen LogP contribution in [0.3, 0.4) is 0 Å². The van der Waals surface area contributed by atoms with Crippen molar-refractivity contribution in [2.75, 3.05) is 28.4 Å². The monoisotopic (exact) mass is 465 g/mol. The van der Waals surface area contributed by atoms with Crippen LogP contribution in [-0.4, -0.2) is 45.2 Å². The molecule has 3 rings (SSSR count). The van der Waals surface area contributed by atoms with Gasteiger partial charge in [-0.3, -0.25) is 14.6 Å². The Morgan fingerprint density at radius 2 is 1.24 bits per heavy atom. The Morgan fingerprint density at radius 1 is 0.706 bits per heavy atom. The van der Waals surface area contributed by atoms with Gasteiger partial charge >= 0.3 is 0 Å². The summed E-state index contributed by atoms with van der Waals surface area (Å²) in [5.41, 5.74) is 2.01. The van der Waals surface area contributed by atoms with Crippen LogP contribution in [0, 0.1) is 0 Å². The van der Waals surface area contributed by atoms with Gasteiger partial charge in [-0.05, 0) is 36.4 Å². The van der Waals surface area contributed by atoms with Crippen molar-refractivity contribution in [1.82, 2.24) is 15.6 Å². The Hall–Kier alpha value is -4.27. The van der Waals surface area contributed by atoms with Crippen LogP contribution in [-0.2, 0) is 13.1 Å². The van der Waals surface area contributed by atoms with E-state index in [1.165, 1.54) is 12.3 Å². The number of carbonyl (C=O) groups excluding carboxylic acids is 2. The van der Waals surface area contributed by atoms with Crippen molar-refractivity contribution >= 4 is 11.8 Å². The lowest BCUT2D eigenvalue weighted by Gasteiger charge is -2.12. The summed E-state index contributed by atoms with van der Waals surface area (Å²) in [6.07, 6.45) is 1.42. The third-order valence-corrected chi connectivity index (χ3v) is 5.12. The molecule has 2 amide bonds. The van der Waals surface area contributed by atoms with E-state index in [0.717, 1.165) is 11.1 Å². The molecular formula is C25H27N3O6. The second-order valence-corrected chi connectivity index (χ2v) is 7.15. The Labute approximate surface area is 198 Å². The number of rotatable bonds is 10. The van der Waals surface area contributed by atoms with E-state index in [0.29, 0.717) is 28.6 Å². The lowest BCUT2D eigenvalue weighted by molar-refractivity contribution is 0.0945. The summed E-state index contributed by atoms with van der Waals surface area (Å²) in [5.74, 6) is 1.75. The van der Waals surface area contributed by atoms with Gasteiger partial charge in [-0.1, -0.05) is 0 Å². The fourth-order valence-electron chi connectivity index (χ4n) is 3.24. The van der Waals surface area contributed by atoms with Gasteiger partial charge in [0.25, 0.3) is 11.8 Å². The molecule has 9 heteroatoms. The molecule has 178 valence electrons. The number of carbonyl (C=O) groups is 2. The van der Waals surface area contributed by atoms with Gasteiger partial charge in [0.05, 0.1) is 28.4 Å². The predicted octanol–water partition coefficient (Wildman–Crippen LogP) is 2.98. The summed E-state index contributed by atoms with van der Waals surface area (Å²) in [6.45, 7) is 0.467. The minimum absolute atomic E-state index is 0.127. The molecule has 3 aromatic rings. The number of benzene rings is 2. The van der Waals surface area contributed by atoms with Crippen molar-refractivity contribution in [3.8, 4) is 23.0 Å². The van der Waals surface area contributed by atoms with Crippen LogP contribution >= 0.6 is 0 Å². The van der Waals surface area contributed by atoms with Crippen LogP contribution in [0.5, 0.6) is 23.0 Å². The summed E-state index contributed by atoms with van der Waals surface area (Å²) < 4.78 is 21.1. The molecule has 0 fully saturated rings. The maximum Gasteiger partial charge on any atom is 0.270 e. The molecular weight excluding hydrogens is 438 g/mol. The van der Waals surface area contributed by atoms with Crippen molar-refractivity contribution in [3.63, 3.8) is 0 Å². The molecule has 2 aromatic carbocycles. The van der Waals surface area contributed by atoms with Crippen molar-refractivity contribution in [3.05, 3.63) is 77.1 Å². The van der Waals surface area contributed by atoms with Crippen LogP contribution in [0.1, 0.15) is 32.0 Å². The summed E-state index contributed by atoms with van der Waals surface area (Å²) in [5, 5.41) is 5.62. The first-order valence-electron chi connectivity index (χ1n) is 10.4. The van der Waals surface area contributed by atoms with Gasteiger partial charge in [-0.25, -0.2) is 0 Å². The highest BCUT2D eigenvalue weighted by molar-refractivity contribution is 5.98. The zero-order valence-electron chi connectivity index (χ0n) is 19.5. The van der Waals surface area contributed by atoms with E-state index in [1.807, 2.05) is 12.1 Å². The van der Waals surface area contributed by atoms with E-state index in [2.05, 4.69) is 15.6 Å². The second-order valence-electron chi connectivity index (χ2n) is 7.15. The zero-order chi connectivity index (χ0) is 24.5. The minimum Gasteiger partial charge on any atom is -0.497 e. The van der Waals surface area contributed by atoms with E-state index in [-0.39, 0.29) is 24.7 Å². The lowest BCUT2D eigenvalue weighted by atomic mass is 10.1.